The van der Waals surface area contributed by atoms with E-state index in [2.05, 4.69) is 5.32 Å². The summed E-state index contributed by atoms with van der Waals surface area (Å²) >= 11 is 6.07. The fraction of sp³-hybridized carbons (Fsp3) is 0.440. The normalized spacial score (nSPS) is 14.8. The maximum atomic E-state index is 13.1. The van der Waals surface area contributed by atoms with E-state index >= 15 is 0 Å². The van der Waals surface area contributed by atoms with Crippen LogP contribution in [0.4, 0.5) is 0 Å². The summed E-state index contributed by atoms with van der Waals surface area (Å²) in [6.07, 6.45) is 4.28. The molecular weight excluding hydrogens is 412 g/mol. The van der Waals surface area contributed by atoms with Gasteiger partial charge in [-0.15, -0.1) is 0 Å². The highest BCUT2D eigenvalue weighted by Gasteiger charge is 2.28. The highest BCUT2D eigenvalue weighted by molar-refractivity contribution is 6.31. The lowest BCUT2D eigenvalue weighted by molar-refractivity contribution is -0.142. The molecule has 2 aromatic rings. The van der Waals surface area contributed by atoms with Gasteiger partial charge in [0.2, 0.25) is 5.91 Å². The summed E-state index contributed by atoms with van der Waals surface area (Å²) in [6.45, 7) is 5.89. The van der Waals surface area contributed by atoms with Crippen LogP contribution in [0.5, 0.6) is 5.75 Å². The Kier molecular flexibility index (Phi) is 7.97. The van der Waals surface area contributed by atoms with Crippen LogP contribution in [-0.4, -0.2) is 35.4 Å². The lowest BCUT2D eigenvalue weighted by Crippen LogP contribution is -2.50. The molecule has 0 aliphatic heterocycles. The van der Waals surface area contributed by atoms with Crippen LogP contribution in [0.2, 0.25) is 5.02 Å². The summed E-state index contributed by atoms with van der Waals surface area (Å²) < 4.78 is 5.72. The SMILES string of the molecule is Cc1ccc(CN(C(=O)COc2ccc(Cl)c(C)c2)C(C)C(=O)NC2CCCC2)cc1. The Balaban J connectivity index is 1.71. The summed E-state index contributed by atoms with van der Waals surface area (Å²) in [5.41, 5.74) is 3.00. The molecule has 1 fully saturated rings. The first-order chi connectivity index (χ1) is 14.8. The first kappa shape index (κ1) is 23.1. The predicted molar refractivity (Wildman–Crippen MR) is 123 cm³/mol. The molecule has 31 heavy (non-hydrogen) atoms. The van der Waals surface area contributed by atoms with Crippen molar-refractivity contribution in [1.82, 2.24) is 10.2 Å². The van der Waals surface area contributed by atoms with Crippen molar-refractivity contribution in [1.29, 1.82) is 0 Å². The lowest BCUT2D eigenvalue weighted by atomic mass is 10.1. The summed E-state index contributed by atoms with van der Waals surface area (Å²) in [6, 6.07) is 12.9. The molecule has 166 valence electrons. The molecular formula is C25H31ClN2O3. The molecule has 2 aromatic carbocycles. The quantitative estimate of drug-likeness (QED) is 0.638. The zero-order chi connectivity index (χ0) is 22.4. The van der Waals surface area contributed by atoms with Crippen LogP contribution >= 0.6 is 11.6 Å². The fourth-order valence-electron chi connectivity index (χ4n) is 3.80. The number of rotatable bonds is 8. The molecule has 1 atom stereocenters. The second-order valence-electron chi connectivity index (χ2n) is 8.37. The predicted octanol–water partition coefficient (Wildman–Crippen LogP) is 4.81. The highest BCUT2D eigenvalue weighted by atomic mass is 35.5. The standard InChI is InChI=1S/C25H31ClN2O3/c1-17-8-10-20(11-9-17)15-28(19(3)25(30)27-21-6-4-5-7-21)24(29)16-31-22-12-13-23(26)18(2)14-22/h8-14,19,21H,4-7,15-16H2,1-3H3,(H,27,30). The second-order valence-corrected chi connectivity index (χ2v) is 8.78. The Morgan fingerprint density at radius 2 is 1.81 bits per heavy atom. The Bertz CT molecular complexity index is 907. The molecule has 1 N–H and O–H groups in total. The van der Waals surface area contributed by atoms with Gasteiger partial charge in [0.15, 0.2) is 6.61 Å². The number of amides is 2. The van der Waals surface area contributed by atoms with Gasteiger partial charge in [0, 0.05) is 17.6 Å². The van der Waals surface area contributed by atoms with Gasteiger partial charge in [-0.05, 0) is 62.9 Å². The van der Waals surface area contributed by atoms with E-state index in [-0.39, 0.29) is 24.5 Å². The molecule has 2 amide bonds. The van der Waals surface area contributed by atoms with Gasteiger partial charge in [-0.3, -0.25) is 9.59 Å². The number of ether oxygens (including phenoxy) is 1. The number of carbonyl (C=O) groups is 2. The Hall–Kier alpha value is -2.53. The summed E-state index contributed by atoms with van der Waals surface area (Å²) in [4.78, 5) is 27.6. The van der Waals surface area contributed by atoms with Crippen LogP contribution in [0.1, 0.15) is 49.3 Å². The number of carbonyl (C=O) groups excluding carboxylic acids is 2. The van der Waals surface area contributed by atoms with Crippen molar-refractivity contribution in [3.63, 3.8) is 0 Å². The molecule has 0 bridgehead atoms. The first-order valence-corrected chi connectivity index (χ1v) is 11.3. The molecule has 1 unspecified atom stereocenters. The molecule has 1 aliphatic rings. The van der Waals surface area contributed by atoms with E-state index in [1.165, 1.54) is 0 Å². The lowest BCUT2D eigenvalue weighted by Gasteiger charge is -2.29. The number of benzene rings is 2. The topological polar surface area (TPSA) is 58.6 Å². The van der Waals surface area contributed by atoms with E-state index in [1.807, 2.05) is 38.1 Å². The number of aryl methyl sites for hydroxylation is 2. The van der Waals surface area contributed by atoms with Gasteiger partial charge in [0.25, 0.3) is 5.91 Å². The molecule has 1 saturated carbocycles. The van der Waals surface area contributed by atoms with Crippen molar-refractivity contribution in [2.24, 2.45) is 0 Å². The first-order valence-electron chi connectivity index (χ1n) is 10.9. The van der Waals surface area contributed by atoms with Crippen LogP contribution in [0, 0.1) is 13.8 Å². The van der Waals surface area contributed by atoms with Gasteiger partial charge in [-0.2, -0.15) is 0 Å². The number of nitrogens with one attached hydrogen (secondary N) is 1. The minimum Gasteiger partial charge on any atom is -0.484 e. The molecule has 6 heteroatoms. The number of hydrogen-bond acceptors (Lipinski definition) is 3. The van der Waals surface area contributed by atoms with E-state index in [0.29, 0.717) is 17.3 Å². The molecule has 0 saturated heterocycles. The molecule has 0 radical (unpaired) electrons. The van der Waals surface area contributed by atoms with Crippen molar-refractivity contribution >= 4 is 23.4 Å². The largest absolute Gasteiger partial charge is 0.484 e. The van der Waals surface area contributed by atoms with Crippen LogP contribution in [-0.2, 0) is 16.1 Å². The second kappa shape index (κ2) is 10.7. The van der Waals surface area contributed by atoms with Gasteiger partial charge >= 0.3 is 0 Å². The van der Waals surface area contributed by atoms with Crippen LogP contribution in [0.3, 0.4) is 0 Å². The maximum absolute atomic E-state index is 13.1. The van der Waals surface area contributed by atoms with Crippen molar-refractivity contribution in [3.05, 3.63) is 64.2 Å². The monoisotopic (exact) mass is 442 g/mol. The van der Waals surface area contributed by atoms with E-state index < -0.39 is 6.04 Å². The Morgan fingerprint density at radius 3 is 2.45 bits per heavy atom. The van der Waals surface area contributed by atoms with Crippen LogP contribution in [0.15, 0.2) is 42.5 Å². The van der Waals surface area contributed by atoms with Gasteiger partial charge in [-0.25, -0.2) is 0 Å². The highest BCUT2D eigenvalue weighted by Crippen LogP contribution is 2.22. The third-order valence-corrected chi connectivity index (χ3v) is 6.26. The Labute approximate surface area is 189 Å². The zero-order valence-corrected chi connectivity index (χ0v) is 19.2. The molecule has 0 spiro atoms. The Morgan fingerprint density at radius 1 is 1.13 bits per heavy atom. The van der Waals surface area contributed by atoms with Crippen molar-refractivity contribution < 1.29 is 14.3 Å². The zero-order valence-electron chi connectivity index (χ0n) is 18.5. The minimum atomic E-state index is -0.593. The minimum absolute atomic E-state index is 0.116. The van der Waals surface area contributed by atoms with Gasteiger partial charge in [0.05, 0.1) is 0 Å². The third kappa shape index (κ3) is 6.47. The van der Waals surface area contributed by atoms with E-state index in [1.54, 1.807) is 30.0 Å². The smallest absolute Gasteiger partial charge is 0.261 e. The van der Waals surface area contributed by atoms with E-state index in [0.717, 1.165) is 42.4 Å². The van der Waals surface area contributed by atoms with Gasteiger partial charge in [-0.1, -0.05) is 54.3 Å². The van der Waals surface area contributed by atoms with Crippen molar-refractivity contribution in [2.75, 3.05) is 6.61 Å². The van der Waals surface area contributed by atoms with Crippen molar-refractivity contribution in [2.45, 2.75) is 65.1 Å². The van der Waals surface area contributed by atoms with E-state index in [9.17, 15) is 9.59 Å². The van der Waals surface area contributed by atoms with Crippen LogP contribution < -0.4 is 10.1 Å². The average Bonchev–Trinajstić information content (AvgIpc) is 3.26. The average molecular weight is 443 g/mol. The molecule has 1 aliphatic carbocycles. The fourth-order valence-corrected chi connectivity index (χ4v) is 3.92. The summed E-state index contributed by atoms with van der Waals surface area (Å²) in [7, 11) is 0. The summed E-state index contributed by atoms with van der Waals surface area (Å²) in [5.74, 6) is 0.227. The van der Waals surface area contributed by atoms with Crippen molar-refractivity contribution in [3.8, 4) is 5.75 Å². The van der Waals surface area contributed by atoms with Gasteiger partial charge in [0.1, 0.15) is 11.8 Å². The van der Waals surface area contributed by atoms with Crippen LogP contribution in [0.25, 0.3) is 0 Å². The molecule has 0 heterocycles. The number of nitrogens with zero attached hydrogens (tertiary/aromatic N) is 1. The van der Waals surface area contributed by atoms with E-state index in [4.69, 9.17) is 16.3 Å². The summed E-state index contributed by atoms with van der Waals surface area (Å²) in [5, 5.41) is 3.76. The third-order valence-electron chi connectivity index (χ3n) is 5.83. The molecule has 5 nitrogen and oxygen atoms in total. The number of halogens is 1. The maximum Gasteiger partial charge on any atom is 0.261 e. The van der Waals surface area contributed by atoms with Gasteiger partial charge < -0.3 is 15.0 Å². The molecule has 0 aromatic heterocycles. The molecule has 3 rings (SSSR count). The number of hydrogen-bond donors (Lipinski definition) is 1.